The van der Waals surface area contributed by atoms with Crippen LogP contribution in [0.5, 0.6) is 0 Å². The maximum Gasteiger partial charge on any atom is 0.0731 e. The average Bonchev–Trinajstić information content (AvgIpc) is 2.88. The van der Waals surface area contributed by atoms with Gasteiger partial charge in [-0.05, 0) is 65.7 Å². The monoisotopic (exact) mass is 329 g/mol. The second-order valence-corrected chi connectivity index (χ2v) is 8.01. The van der Waals surface area contributed by atoms with Crippen molar-refractivity contribution in [1.82, 2.24) is 5.32 Å². The number of thiophene rings is 1. The van der Waals surface area contributed by atoms with Gasteiger partial charge in [-0.1, -0.05) is 26.7 Å². The zero-order valence-corrected chi connectivity index (χ0v) is 14.0. The van der Waals surface area contributed by atoms with Gasteiger partial charge in [-0.25, -0.2) is 0 Å². The van der Waals surface area contributed by atoms with Crippen molar-refractivity contribution in [2.45, 2.75) is 52.5 Å². The van der Waals surface area contributed by atoms with Gasteiger partial charge in [0.2, 0.25) is 0 Å². The third kappa shape index (κ3) is 3.17. The van der Waals surface area contributed by atoms with E-state index in [2.05, 4.69) is 48.1 Å². The van der Waals surface area contributed by atoms with E-state index in [1.807, 2.05) is 11.3 Å². The highest BCUT2D eigenvalue weighted by atomic mass is 79.9. The summed E-state index contributed by atoms with van der Waals surface area (Å²) in [5.74, 6) is 1.68. The van der Waals surface area contributed by atoms with Crippen LogP contribution >= 0.6 is 27.3 Å². The van der Waals surface area contributed by atoms with Crippen LogP contribution in [-0.4, -0.2) is 6.54 Å². The Morgan fingerprint density at radius 1 is 1.50 bits per heavy atom. The molecule has 0 bridgehead atoms. The highest BCUT2D eigenvalue weighted by Gasteiger charge is 2.32. The van der Waals surface area contributed by atoms with Crippen LogP contribution in [0.4, 0.5) is 0 Å². The van der Waals surface area contributed by atoms with Gasteiger partial charge in [0.1, 0.15) is 0 Å². The molecule has 0 aromatic carbocycles. The Bertz CT molecular complexity index is 368. The molecule has 18 heavy (non-hydrogen) atoms. The molecule has 0 amide bonds. The number of aryl methyl sites for hydroxylation is 1. The molecule has 0 spiro atoms. The molecule has 1 nitrogen and oxygen atoms in total. The maximum atomic E-state index is 3.79. The van der Waals surface area contributed by atoms with Gasteiger partial charge in [0.05, 0.1) is 3.79 Å². The van der Waals surface area contributed by atoms with E-state index in [1.165, 1.54) is 39.9 Å². The largest absolute Gasteiger partial charge is 0.309 e. The predicted octanol–water partition coefficient (Wildman–Crippen LogP) is 5.30. The minimum Gasteiger partial charge on any atom is -0.309 e. The molecule has 1 aliphatic carbocycles. The number of halogens is 1. The van der Waals surface area contributed by atoms with E-state index in [0.717, 1.165) is 18.4 Å². The van der Waals surface area contributed by atoms with E-state index < -0.39 is 0 Å². The summed E-state index contributed by atoms with van der Waals surface area (Å²) in [6, 6.07) is 2.94. The van der Waals surface area contributed by atoms with Crippen LogP contribution in [0, 0.1) is 18.8 Å². The Labute approximate surface area is 123 Å². The molecule has 0 saturated heterocycles. The number of hydrogen-bond acceptors (Lipinski definition) is 2. The second-order valence-electron chi connectivity index (χ2n) is 5.61. The number of hydrogen-bond donors (Lipinski definition) is 1. The first-order valence-corrected chi connectivity index (χ1v) is 8.73. The molecule has 3 heteroatoms. The summed E-state index contributed by atoms with van der Waals surface area (Å²) in [5.41, 5.74) is 1.38. The van der Waals surface area contributed by atoms with E-state index >= 15 is 0 Å². The molecule has 3 atom stereocenters. The first-order chi connectivity index (χ1) is 8.63. The Balaban J connectivity index is 2.18. The zero-order chi connectivity index (χ0) is 13.1. The first kappa shape index (κ1) is 14.5. The lowest BCUT2D eigenvalue weighted by atomic mass is 9.89. The van der Waals surface area contributed by atoms with Crippen molar-refractivity contribution < 1.29 is 0 Å². The molecular weight excluding hydrogens is 306 g/mol. The maximum absolute atomic E-state index is 3.79. The fourth-order valence-corrected chi connectivity index (χ4v) is 4.79. The third-order valence-corrected chi connectivity index (χ3v) is 6.37. The smallest absolute Gasteiger partial charge is 0.0731 e. The van der Waals surface area contributed by atoms with Gasteiger partial charge in [0.15, 0.2) is 0 Å². The van der Waals surface area contributed by atoms with E-state index in [4.69, 9.17) is 0 Å². The normalized spacial score (nSPS) is 25.6. The highest BCUT2D eigenvalue weighted by Crippen LogP contribution is 2.43. The molecule has 1 heterocycles. The van der Waals surface area contributed by atoms with Crippen LogP contribution in [0.1, 0.15) is 56.0 Å². The number of rotatable bonds is 5. The van der Waals surface area contributed by atoms with Gasteiger partial charge in [-0.2, -0.15) is 0 Å². The van der Waals surface area contributed by atoms with Crippen LogP contribution in [0.25, 0.3) is 0 Å². The fourth-order valence-electron chi connectivity index (χ4n) is 3.07. The molecule has 1 fully saturated rings. The molecular formula is C15H24BrNS. The lowest BCUT2D eigenvalue weighted by molar-refractivity contribution is 0.305. The highest BCUT2D eigenvalue weighted by molar-refractivity contribution is 9.11. The van der Waals surface area contributed by atoms with Crippen molar-refractivity contribution in [3.05, 3.63) is 20.3 Å². The van der Waals surface area contributed by atoms with Gasteiger partial charge in [0.25, 0.3) is 0 Å². The second kappa shape index (κ2) is 6.53. The van der Waals surface area contributed by atoms with Crippen molar-refractivity contribution in [2.24, 2.45) is 11.8 Å². The van der Waals surface area contributed by atoms with Crippen LogP contribution < -0.4 is 5.32 Å². The summed E-state index contributed by atoms with van der Waals surface area (Å²) in [6.45, 7) is 7.99. The van der Waals surface area contributed by atoms with E-state index in [-0.39, 0.29) is 0 Å². The van der Waals surface area contributed by atoms with Crippen LogP contribution in [-0.2, 0) is 0 Å². The van der Waals surface area contributed by atoms with Gasteiger partial charge in [-0.15, -0.1) is 11.3 Å². The molecule has 3 unspecified atom stereocenters. The standard InChI is InChI=1S/C15H24BrNS/c1-4-8-17-14(12-7-5-6-10(12)2)13-9-11(3)15(16)18-13/h9-10,12,14,17H,4-8H2,1-3H3. The van der Waals surface area contributed by atoms with Gasteiger partial charge in [-0.3, -0.25) is 0 Å². The lowest BCUT2D eigenvalue weighted by Gasteiger charge is -2.27. The predicted molar refractivity (Wildman–Crippen MR) is 84.3 cm³/mol. The van der Waals surface area contributed by atoms with Crippen molar-refractivity contribution in [1.29, 1.82) is 0 Å². The minimum absolute atomic E-state index is 0.567. The summed E-state index contributed by atoms with van der Waals surface area (Å²) in [7, 11) is 0. The summed E-state index contributed by atoms with van der Waals surface area (Å²) < 4.78 is 1.30. The van der Waals surface area contributed by atoms with Crippen molar-refractivity contribution in [3.8, 4) is 0 Å². The molecule has 1 aromatic rings. The average molecular weight is 330 g/mol. The Morgan fingerprint density at radius 3 is 2.78 bits per heavy atom. The topological polar surface area (TPSA) is 12.0 Å². The minimum atomic E-state index is 0.567. The Morgan fingerprint density at radius 2 is 2.28 bits per heavy atom. The summed E-state index contributed by atoms with van der Waals surface area (Å²) in [5, 5.41) is 3.79. The van der Waals surface area contributed by atoms with E-state index in [9.17, 15) is 0 Å². The molecule has 1 aliphatic rings. The fraction of sp³-hybridized carbons (Fsp3) is 0.733. The molecule has 0 aliphatic heterocycles. The van der Waals surface area contributed by atoms with Crippen LogP contribution in [0.15, 0.2) is 9.85 Å². The molecule has 1 saturated carbocycles. The first-order valence-electron chi connectivity index (χ1n) is 7.12. The summed E-state index contributed by atoms with van der Waals surface area (Å²) in [4.78, 5) is 1.52. The van der Waals surface area contributed by atoms with Crippen molar-refractivity contribution in [2.75, 3.05) is 6.54 Å². The van der Waals surface area contributed by atoms with Crippen molar-refractivity contribution in [3.63, 3.8) is 0 Å². The van der Waals surface area contributed by atoms with Gasteiger partial charge >= 0.3 is 0 Å². The van der Waals surface area contributed by atoms with Crippen LogP contribution in [0.3, 0.4) is 0 Å². The molecule has 1 aromatic heterocycles. The summed E-state index contributed by atoms with van der Waals surface area (Å²) in [6.07, 6.45) is 5.41. The zero-order valence-electron chi connectivity index (χ0n) is 11.6. The van der Waals surface area contributed by atoms with Crippen molar-refractivity contribution >= 4 is 27.3 Å². The lowest BCUT2D eigenvalue weighted by Crippen LogP contribution is -2.29. The van der Waals surface area contributed by atoms with Gasteiger partial charge in [0, 0.05) is 10.9 Å². The summed E-state index contributed by atoms with van der Waals surface area (Å²) >= 11 is 5.58. The van der Waals surface area contributed by atoms with E-state index in [0.29, 0.717) is 6.04 Å². The quantitative estimate of drug-likeness (QED) is 0.773. The Kier molecular flexibility index (Phi) is 5.28. The molecule has 102 valence electrons. The molecule has 0 radical (unpaired) electrons. The molecule has 1 N–H and O–H groups in total. The third-order valence-electron chi connectivity index (χ3n) is 4.15. The Hall–Kier alpha value is 0.140. The SMILES string of the molecule is CCCNC(c1cc(C)c(Br)s1)C1CCCC1C. The molecule has 2 rings (SSSR count). The number of nitrogens with one attached hydrogen (secondary N) is 1. The van der Waals surface area contributed by atoms with E-state index in [1.54, 1.807) is 0 Å². The van der Waals surface area contributed by atoms with Gasteiger partial charge < -0.3 is 5.32 Å². The van der Waals surface area contributed by atoms with Crippen LogP contribution in [0.2, 0.25) is 0 Å².